The van der Waals surface area contributed by atoms with Crippen molar-refractivity contribution in [3.63, 3.8) is 0 Å². The van der Waals surface area contributed by atoms with Crippen LogP contribution in [0.15, 0.2) is 30.3 Å². The van der Waals surface area contributed by atoms with E-state index in [0.29, 0.717) is 18.4 Å². The molecule has 0 heterocycles. The molecular weight excluding hydrogens is 223 g/mol. The van der Waals surface area contributed by atoms with Crippen molar-refractivity contribution in [3.8, 4) is 0 Å². The van der Waals surface area contributed by atoms with Crippen LogP contribution in [0.25, 0.3) is 0 Å². The summed E-state index contributed by atoms with van der Waals surface area (Å²) < 4.78 is 18.7. The van der Waals surface area contributed by atoms with Gasteiger partial charge in [0, 0.05) is 6.42 Å². The van der Waals surface area contributed by atoms with Crippen molar-refractivity contribution in [1.82, 2.24) is 0 Å². The molecule has 0 saturated heterocycles. The molecule has 0 aromatic heterocycles. The fourth-order valence-corrected chi connectivity index (χ4v) is 1.98. The molecule has 1 saturated carbocycles. The molecule has 17 heavy (non-hydrogen) atoms. The Balaban J connectivity index is 1.95. The number of rotatable bonds is 2. The molecule has 4 heteroatoms. The molecule has 3 atom stereocenters. The van der Waals surface area contributed by atoms with Gasteiger partial charge in [0.25, 0.3) is 0 Å². The number of aliphatic hydroxyl groups excluding tert-OH is 1. The summed E-state index contributed by atoms with van der Waals surface area (Å²) in [6, 6.07) is 8.52. The van der Waals surface area contributed by atoms with E-state index in [1.807, 2.05) is 0 Å². The van der Waals surface area contributed by atoms with E-state index < -0.39 is 24.3 Å². The highest BCUT2D eigenvalue weighted by molar-refractivity contribution is 5.89. The number of hydrogen-bond acceptors (Lipinski definition) is 3. The third-order valence-corrected chi connectivity index (χ3v) is 2.95. The van der Waals surface area contributed by atoms with Gasteiger partial charge in [0.15, 0.2) is 0 Å². The van der Waals surface area contributed by atoms with Gasteiger partial charge in [-0.2, -0.15) is 0 Å². The van der Waals surface area contributed by atoms with Gasteiger partial charge in [-0.25, -0.2) is 9.18 Å². The van der Waals surface area contributed by atoms with E-state index in [-0.39, 0.29) is 6.42 Å². The van der Waals surface area contributed by atoms with Crippen LogP contribution < -0.4 is 0 Å². The number of esters is 1. The summed E-state index contributed by atoms with van der Waals surface area (Å²) in [5, 5.41) is 9.27. The first-order valence-corrected chi connectivity index (χ1v) is 5.75. The molecule has 1 N–H and O–H groups in total. The second kappa shape index (κ2) is 5.27. The minimum absolute atomic E-state index is 0.0483. The predicted molar refractivity (Wildman–Crippen MR) is 60.4 cm³/mol. The maximum Gasteiger partial charge on any atom is 0.338 e. The highest BCUT2D eigenvalue weighted by atomic mass is 19.1. The van der Waals surface area contributed by atoms with Crippen molar-refractivity contribution in [3.05, 3.63) is 35.9 Å². The molecule has 1 aliphatic rings. The fourth-order valence-electron chi connectivity index (χ4n) is 1.98. The monoisotopic (exact) mass is 238 g/mol. The van der Waals surface area contributed by atoms with Gasteiger partial charge in [-0.1, -0.05) is 18.2 Å². The van der Waals surface area contributed by atoms with E-state index in [1.54, 1.807) is 30.3 Å². The zero-order chi connectivity index (χ0) is 12.3. The van der Waals surface area contributed by atoms with Crippen molar-refractivity contribution in [2.24, 2.45) is 0 Å². The maximum atomic E-state index is 13.5. The number of ether oxygens (including phenoxy) is 1. The first-order chi connectivity index (χ1) is 8.16. The Labute approximate surface area is 99.2 Å². The summed E-state index contributed by atoms with van der Waals surface area (Å²) in [7, 11) is 0. The van der Waals surface area contributed by atoms with Gasteiger partial charge in [0.2, 0.25) is 0 Å². The summed E-state index contributed by atoms with van der Waals surface area (Å²) in [6.45, 7) is 0. The third kappa shape index (κ3) is 3.03. The van der Waals surface area contributed by atoms with Crippen molar-refractivity contribution < 1.29 is 19.0 Å². The normalized spacial score (nSPS) is 28.7. The molecule has 0 aliphatic heterocycles. The van der Waals surface area contributed by atoms with Gasteiger partial charge in [0.1, 0.15) is 12.3 Å². The Hall–Kier alpha value is -1.42. The Kier molecular flexibility index (Phi) is 3.74. The molecule has 0 bridgehead atoms. The third-order valence-electron chi connectivity index (χ3n) is 2.95. The molecule has 1 aromatic rings. The van der Waals surface area contributed by atoms with Crippen LogP contribution in [-0.4, -0.2) is 29.5 Å². The van der Waals surface area contributed by atoms with E-state index >= 15 is 0 Å². The lowest BCUT2D eigenvalue weighted by molar-refractivity contribution is -0.0341. The van der Waals surface area contributed by atoms with Crippen LogP contribution in [0.5, 0.6) is 0 Å². The number of halogens is 1. The topological polar surface area (TPSA) is 46.5 Å². The molecule has 2 rings (SSSR count). The largest absolute Gasteiger partial charge is 0.456 e. The van der Waals surface area contributed by atoms with Crippen LogP contribution in [0, 0.1) is 0 Å². The quantitative estimate of drug-likeness (QED) is 0.802. The lowest BCUT2D eigenvalue weighted by atomic mass is 9.93. The number of benzene rings is 1. The highest BCUT2D eigenvalue weighted by Crippen LogP contribution is 2.25. The smallest absolute Gasteiger partial charge is 0.338 e. The summed E-state index contributed by atoms with van der Waals surface area (Å²) in [5.41, 5.74) is 0.422. The van der Waals surface area contributed by atoms with E-state index in [1.165, 1.54) is 0 Å². The molecule has 92 valence electrons. The van der Waals surface area contributed by atoms with Crippen LogP contribution in [0.1, 0.15) is 29.6 Å². The zero-order valence-electron chi connectivity index (χ0n) is 9.38. The van der Waals surface area contributed by atoms with Crippen LogP contribution in [0.2, 0.25) is 0 Å². The van der Waals surface area contributed by atoms with Gasteiger partial charge >= 0.3 is 5.97 Å². The molecule has 0 radical (unpaired) electrons. The van der Waals surface area contributed by atoms with Gasteiger partial charge in [-0.05, 0) is 25.0 Å². The van der Waals surface area contributed by atoms with Gasteiger partial charge in [-0.3, -0.25) is 0 Å². The summed E-state index contributed by atoms with van der Waals surface area (Å²) >= 11 is 0. The Bertz CT molecular complexity index is 380. The maximum absolute atomic E-state index is 13.5. The average Bonchev–Trinajstić information content (AvgIpc) is 2.34. The first-order valence-electron chi connectivity index (χ1n) is 5.75. The number of alkyl halides is 1. The summed E-state index contributed by atoms with van der Waals surface area (Å²) in [4.78, 5) is 11.7. The van der Waals surface area contributed by atoms with E-state index in [2.05, 4.69) is 0 Å². The number of carbonyl (C=O) groups is 1. The average molecular weight is 238 g/mol. The molecule has 3 nitrogen and oxygen atoms in total. The number of carbonyl (C=O) groups excluding carboxylic acids is 1. The Morgan fingerprint density at radius 3 is 2.65 bits per heavy atom. The lowest BCUT2D eigenvalue weighted by Gasteiger charge is -2.28. The number of aliphatic hydroxyl groups is 1. The highest BCUT2D eigenvalue weighted by Gasteiger charge is 2.32. The van der Waals surface area contributed by atoms with Crippen molar-refractivity contribution in [2.75, 3.05) is 0 Å². The molecule has 3 unspecified atom stereocenters. The van der Waals surface area contributed by atoms with Gasteiger partial charge in [0.05, 0.1) is 11.7 Å². The fraction of sp³-hybridized carbons (Fsp3) is 0.462. The second-order valence-electron chi connectivity index (χ2n) is 4.29. The van der Waals surface area contributed by atoms with Crippen LogP contribution in [0.3, 0.4) is 0 Å². The van der Waals surface area contributed by atoms with Crippen molar-refractivity contribution in [1.29, 1.82) is 0 Å². The lowest BCUT2D eigenvalue weighted by Crippen LogP contribution is -2.36. The predicted octanol–water partition coefficient (Wildman–Crippen LogP) is 2.09. The van der Waals surface area contributed by atoms with E-state index in [4.69, 9.17) is 4.74 Å². The number of hydrogen-bond donors (Lipinski definition) is 1. The van der Waals surface area contributed by atoms with Crippen LogP contribution in [0.4, 0.5) is 4.39 Å². The van der Waals surface area contributed by atoms with Crippen molar-refractivity contribution in [2.45, 2.75) is 37.6 Å². The van der Waals surface area contributed by atoms with E-state index in [9.17, 15) is 14.3 Å². The molecule has 1 aliphatic carbocycles. The zero-order valence-corrected chi connectivity index (χ0v) is 9.38. The molecule has 1 aromatic carbocycles. The molecular formula is C13H15FO3. The van der Waals surface area contributed by atoms with E-state index in [0.717, 1.165) is 0 Å². The Morgan fingerprint density at radius 1 is 1.29 bits per heavy atom. The molecule has 1 fully saturated rings. The minimum Gasteiger partial charge on any atom is -0.456 e. The Morgan fingerprint density at radius 2 is 2.00 bits per heavy atom. The summed E-state index contributed by atoms with van der Waals surface area (Å²) in [6.07, 6.45) is -1.71. The standard InChI is InChI=1S/C13H15FO3/c14-11-8-10(15)6-7-12(11)17-13(16)9-4-2-1-3-5-9/h1-5,10-12,15H,6-8H2. The van der Waals surface area contributed by atoms with Gasteiger partial charge < -0.3 is 9.84 Å². The minimum atomic E-state index is -1.27. The van der Waals surface area contributed by atoms with Crippen LogP contribution in [-0.2, 0) is 4.74 Å². The van der Waals surface area contributed by atoms with Gasteiger partial charge in [-0.15, -0.1) is 0 Å². The van der Waals surface area contributed by atoms with Crippen molar-refractivity contribution >= 4 is 5.97 Å². The molecule has 0 spiro atoms. The summed E-state index contributed by atoms with van der Waals surface area (Å²) in [5.74, 6) is -0.505. The first kappa shape index (κ1) is 12.0. The SMILES string of the molecule is O=C(OC1CCC(O)CC1F)c1ccccc1. The van der Waals surface area contributed by atoms with Crippen LogP contribution >= 0.6 is 0 Å². The molecule has 0 amide bonds. The second-order valence-corrected chi connectivity index (χ2v) is 4.29.